The van der Waals surface area contributed by atoms with Crippen LogP contribution in [0.3, 0.4) is 0 Å². The highest BCUT2D eigenvalue weighted by atomic mass is 19.3. The number of rotatable bonds is 6. The quantitative estimate of drug-likeness (QED) is 0.717. The summed E-state index contributed by atoms with van der Waals surface area (Å²) in [6, 6.07) is 4.27. The van der Waals surface area contributed by atoms with Crippen LogP contribution in [0.15, 0.2) is 18.2 Å². The summed E-state index contributed by atoms with van der Waals surface area (Å²) >= 11 is 0. The van der Waals surface area contributed by atoms with Gasteiger partial charge in [-0.25, -0.2) is 0 Å². The van der Waals surface area contributed by atoms with Gasteiger partial charge in [0, 0.05) is 44.8 Å². The molecule has 1 aromatic rings. The molecule has 0 atom stereocenters. The zero-order valence-corrected chi connectivity index (χ0v) is 16.6. The van der Waals surface area contributed by atoms with Gasteiger partial charge in [0.2, 0.25) is 5.91 Å². The van der Waals surface area contributed by atoms with E-state index in [9.17, 15) is 18.4 Å². The Morgan fingerprint density at radius 3 is 2.38 bits per heavy atom. The lowest BCUT2D eigenvalue weighted by atomic mass is 10.1. The number of alkyl halides is 2. The molecule has 2 aliphatic heterocycles. The largest absolute Gasteiger partial charge is 0.493 e. The van der Waals surface area contributed by atoms with Crippen molar-refractivity contribution < 1.29 is 27.8 Å². The highest BCUT2D eigenvalue weighted by Crippen LogP contribution is 2.30. The molecule has 1 aromatic carbocycles. The first-order valence-electron chi connectivity index (χ1n) is 9.90. The van der Waals surface area contributed by atoms with Gasteiger partial charge in [0.25, 0.3) is 5.91 Å². The fourth-order valence-electron chi connectivity index (χ4n) is 3.77. The third kappa shape index (κ3) is 5.56. The standard InChI is InChI=1S/C20H27F2N3O4/c1-28-16-6-5-15(13-17(16)29-20(21)22)19(27)25-10-4-7-23(11-12-25)14-18(26)24-8-2-3-9-24/h5-6,13,20H,2-4,7-12,14H2,1H3. The van der Waals surface area contributed by atoms with E-state index in [4.69, 9.17) is 4.74 Å². The van der Waals surface area contributed by atoms with Gasteiger partial charge in [-0.3, -0.25) is 14.5 Å². The number of nitrogens with zero attached hydrogens (tertiary/aromatic N) is 3. The molecule has 2 heterocycles. The lowest BCUT2D eigenvalue weighted by molar-refractivity contribution is -0.131. The number of hydrogen-bond donors (Lipinski definition) is 0. The van der Waals surface area contributed by atoms with Crippen molar-refractivity contribution in [2.75, 3.05) is 52.9 Å². The Morgan fingerprint density at radius 1 is 0.966 bits per heavy atom. The van der Waals surface area contributed by atoms with Crippen molar-refractivity contribution >= 4 is 11.8 Å². The van der Waals surface area contributed by atoms with E-state index in [1.807, 2.05) is 4.90 Å². The summed E-state index contributed by atoms with van der Waals surface area (Å²) in [4.78, 5) is 30.9. The normalized spacial score (nSPS) is 18.1. The summed E-state index contributed by atoms with van der Waals surface area (Å²) in [6.07, 6.45) is 2.87. The van der Waals surface area contributed by atoms with E-state index in [0.717, 1.165) is 38.9 Å². The molecule has 3 rings (SSSR count). The minimum absolute atomic E-state index is 0.143. The molecule has 160 valence electrons. The van der Waals surface area contributed by atoms with Crippen LogP contribution in [0.5, 0.6) is 11.5 Å². The zero-order valence-electron chi connectivity index (χ0n) is 16.6. The number of benzene rings is 1. The van der Waals surface area contributed by atoms with E-state index < -0.39 is 6.61 Å². The smallest absolute Gasteiger partial charge is 0.387 e. The molecular weight excluding hydrogens is 384 g/mol. The van der Waals surface area contributed by atoms with Gasteiger partial charge in [-0.2, -0.15) is 8.78 Å². The Labute approximate surface area is 169 Å². The van der Waals surface area contributed by atoms with E-state index in [2.05, 4.69) is 9.64 Å². The summed E-state index contributed by atoms with van der Waals surface area (Å²) in [7, 11) is 1.35. The van der Waals surface area contributed by atoms with Crippen molar-refractivity contribution in [3.05, 3.63) is 23.8 Å². The third-order valence-electron chi connectivity index (χ3n) is 5.32. The average Bonchev–Trinajstić information content (AvgIpc) is 3.14. The highest BCUT2D eigenvalue weighted by molar-refractivity contribution is 5.95. The van der Waals surface area contributed by atoms with Crippen LogP contribution in [0.25, 0.3) is 0 Å². The van der Waals surface area contributed by atoms with Crippen LogP contribution in [0.4, 0.5) is 8.78 Å². The lowest BCUT2D eigenvalue weighted by Gasteiger charge is -2.24. The van der Waals surface area contributed by atoms with Gasteiger partial charge in [-0.1, -0.05) is 0 Å². The molecule has 0 aromatic heterocycles. The molecule has 0 radical (unpaired) electrons. The minimum atomic E-state index is -3.01. The molecule has 2 saturated heterocycles. The second kappa shape index (κ2) is 9.87. The fourth-order valence-corrected chi connectivity index (χ4v) is 3.77. The summed E-state index contributed by atoms with van der Waals surface area (Å²) in [5.74, 6) is -0.129. The monoisotopic (exact) mass is 411 g/mol. The van der Waals surface area contributed by atoms with Gasteiger partial charge >= 0.3 is 6.61 Å². The van der Waals surface area contributed by atoms with Crippen molar-refractivity contribution in [3.8, 4) is 11.5 Å². The molecule has 0 saturated carbocycles. The van der Waals surface area contributed by atoms with Crippen molar-refractivity contribution in [1.29, 1.82) is 0 Å². The molecule has 2 aliphatic rings. The second-order valence-corrected chi connectivity index (χ2v) is 7.25. The molecule has 29 heavy (non-hydrogen) atoms. The predicted octanol–water partition coefficient (Wildman–Crippen LogP) is 2.07. The van der Waals surface area contributed by atoms with E-state index in [1.165, 1.54) is 19.2 Å². The summed E-state index contributed by atoms with van der Waals surface area (Å²) in [6.45, 7) is 1.39. The van der Waals surface area contributed by atoms with Gasteiger partial charge in [0.15, 0.2) is 11.5 Å². The number of carbonyl (C=O) groups excluding carboxylic acids is 2. The number of carbonyl (C=O) groups is 2. The fraction of sp³-hybridized carbons (Fsp3) is 0.600. The number of amides is 2. The number of halogens is 2. The maximum Gasteiger partial charge on any atom is 0.387 e. The Balaban J connectivity index is 1.60. The topological polar surface area (TPSA) is 62.3 Å². The first kappa shape index (κ1) is 21.3. The number of methoxy groups -OCH3 is 1. The van der Waals surface area contributed by atoms with Crippen LogP contribution in [0, 0.1) is 0 Å². The van der Waals surface area contributed by atoms with Crippen LogP contribution < -0.4 is 9.47 Å². The molecule has 0 aliphatic carbocycles. The van der Waals surface area contributed by atoms with Gasteiger partial charge in [0.05, 0.1) is 13.7 Å². The molecular formula is C20H27F2N3O4. The van der Waals surface area contributed by atoms with Crippen molar-refractivity contribution in [2.45, 2.75) is 25.9 Å². The van der Waals surface area contributed by atoms with E-state index in [0.29, 0.717) is 26.2 Å². The molecule has 7 nitrogen and oxygen atoms in total. The van der Waals surface area contributed by atoms with Crippen LogP contribution in [0.1, 0.15) is 29.6 Å². The zero-order chi connectivity index (χ0) is 20.8. The molecule has 0 unspecified atom stereocenters. The Morgan fingerprint density at radius 2 is 1.69 bits per heavy atom. The SMILES string of the molecule is COc1ccc(C(=O)N2CCCN(CC(=O)N3CCCC3)CC2)cc1OC(F)F. The van der Waals surface area contributed by atoms with Crippen molar-refractivity contribution in [2.24, 2.45) is 0 Å². The average molecular weight is 411 g/mol. The van der Waals surface area contributed by atoms with Crippen molar-refractivity contribution in [3.63, 3.8) is 0 Å². The summed E-state index contributed by atoms with van der Waals surface area (Å²) < 4.78 is 34.7. The highest BCUT2D eigenvalue weighted by Gasteiger charge is 2.25. The van der Waals surface area contributed by atoms with E-state index >= 15 is 0 Å². The Hall–Kier alpha value is -2.42. The van der Waals surface area contributed by atoms with Crippen LogP contribution in [0.2, 0.25) is 0 Å². The Kier molecular flexibility index (Phi) is 7.24. The summed E-state index contributed by atoms with van der Waals surface area (Å²) in [5.41, 5.74) is 0.267. The van der Waals surface area contributed by atoms with Crippen LogP contribution in [-0.2, 0) is 4.79 Å². The maximum atomic E-state index is 12.9. The van der Waals surface area contributed by atoms with Crippen LogP contribution >= 0.6 is 0 Å². The number of hydrogen-bond acceptors (Lipinski definition) is 5. The molecule has 0 N–H and O–H groups in total. The van der Waals surface area contributed by atoms with E-state index in [-0.39, 0.29) is 28.9 Å². The number of ether oxygens (including phenoxy) is 2. The molecule has 2 amide bonds. The third-order valence-corrected chi connectivity index (χ3v) is 5.32. The van der Waals surface area contributed by atoms with Crippen molar-refractivity contribution in [1.82, 2.24) is 14.7 Å². The second-order valence-electron chi connectivity index (χ2n) is 7.25. The van der Waals surface area contributed by atoms with Gasteiger partial charge < -0.3 is 19.3 Å². The van der Waals surface area contributed by atoms with Crippen LogP contribution in [-0.4, -0.2) is 86.0 Å². The molecule has 0 spiro atoms. The predicted molar refractivity (Wildman–Crippen MR) is 102 cm³/mol. The number of likely N-dealkylation sites (tertiary alicyclic amines) is 1. The molecule has 0 bridgehead atoms. The van der Waals surface area contributed by atoms with Gasteiger partial charge in [-0.15, -0.1) is 0 Å². The first-order valence-corrected chi connectivity index (χ1v) is 9.90. The maximum absolute atomic E-state index is 12.9. The van der Waals surface area contributed by atoms with E-state index in [1.54, 1.807) is 11.0 Å². The van der Waals surface area contributed by atoms with Gasteiger partial charge in [0.1, 0.15) is 0 Å². The molecule has 2 fully saturated rings. The first-order chi connectivity index (χ1) is 14.0. The van der Waals surface area contributed by atoms with Gasteiger partial charge in [-0.05, 0) is 37.5 Å². The lowest BCUT2D eigenvalue weighted by Crippen LogP contribution is -2.41. The molecule has 9 heteroatoms. The Bertz CT molecular complexity index is 726. The summed E-state index contributed by atoms with van der Waals surface area (Å²) in [5, 5.41) is 0. The minimum Gasteiger partial charge on any atom is -0.493 e.